The Morgan fingerprint density at radius 3 is 2.54 bits per heavy atom. The van der Waals surface area contributed by atoms with E-state index in [2.05, 4.69) is 34.6 Å². The first-order chi connectivity index (χ1) is 13.5. The molecule has 1 fully saturated rings. The van der Waals surface area contributed by atoms with Crippen molar-refractivity contribution in [1.29, 1.82) is 0 Å². The Hall–Kier alpha value is -2.37. The van der Waals surface area contributed by atoms with Crippen molar-refractivity contribution >= 4 is 52.3 Å². The van der Waals surface area contributed by atoms with E-state index < -0.39 is 0 Å². The normalized spacial score (nSPS) is 16.8. The molecule has 28 heavy (non-hydrogen) atoms. The largest absolute Gasteiger partial charge is 0.369 e. The van der Waals surface area contributed by atoms with E-state index in [1.807, 2.05) is 24.3 Å². The molecule has 1 aliphatic rings. The van der Waals surface area contributed by atoms with Gasteiger partial charge in [-0.3, -0.25) is 10.1 Å². The number of rotatable bonds is 4. The van der Waals surface area contributed by atoms with Crippen LogP contribution in [-0.2, 0) is 4.79 Å². The molecule has 0 spiro atoms. The molecule has 0 aromatic heterocycles. The smallest absolute Gasteiger partial charge is 0.250 e. The number of benzene rings is 2. The lowest BCUT2D eigenvalue weighted by atomic mass is 10.0. The summed E-state index contributed by atoms with van der Waals surface area (Å²) in [5.74, 6) is -0.286. The summed E-state index contributed by atoms with van der Waals surface area (Å²) < 4.78 is 0. The fourth-order valence-electron chi connectivity index (χ4n) is 3.28. The van der Waals surface area contributed by atoms with E-state index in [1.54, 1.807) is 18.2 Å². The Bertz CT molecular complexity index is 849. The molecule has 0 radical (unpaired) electrons. The van der Waals surface area contributed by atoms with Gasteiger partial charge in [-0.25, -0.2) is 0 Å². The van der Waals surface area contributed by atoms with Crippen LogP contribution in [0.2, 0.25) is 5.02 Å². The molecular weight excluding hydrogens is 390 g/mol. The van der Waals surface area contributed by atoms with Crippen LogP contribution < -0.4 is 15.5 Å². The molecular formula is C22H24ClN3OS. The molecule has 2 N–H and O–H groups in total. The minimum Gasteiger partial charge on any atom is -0.369 e. The SMILES string of the molecule is C[C@@H]1CCCCN1c1ccc(NC(=S)NC(=O)/C=C/c2ccc(Cl)cc2)cc1. The fraction of sp³-hybridized carbons (Fsp3) is 0.273. The minimum absolute atomic E-state index is 0.268. The predicted molar refractivity (Wildman–Crippen MR) is 122 cm³/mol. The van der Waals surface area contributed by atoms with Crippen LogP contribution in [0.25, 0.3) is 6.08 Å². The van der Waals surface area contributed by atoms with Crippen molar-refractivity contribution in [2.75, 3.05) is 16.8 Å². The first-order valence-electron chi connectivity index (χ1n) is 9.43. The van der Waals surface area contributed by atoms with Gasteiger partial charge in [0.25, 0.3) is 0 Å². The second-order valence-corrected chi connectivity index (χ2v) is 7.76. The average Bonchev–Trinajstić information content (AvgIpc) is 2.68. The lowest BCUT2D eigenvalue weighted by Crippen LogP contribution is -2.37. The van der Waals surface area contributed by atoms with Crippen molar-refractivity contribution in [2.24, 2.45) is 0 Å². The van der Waals surface area contributed by atoms with E-state index in [1.165, 1.54) is 31.0 Å². The number of carbonyl (C=O) groups excluding carboxylic acids is 1. The van der Waals surface area contributed by atoms with E-state index in [9.17, 15) is 4.79 Å². The molecule has 0 saturated carbocycles. The molecule has 1 aliphatic heterocycles. The topological polar surface area (TPSA) is 44.4 Å². The third-order valence-electron chi connectivity index (χ3n) is 4.79. The fourth-order valence-corrected chi connectivity index (χ4v) is 3.62. The molecule has 0 bridgehead atoms. The Labute approximate surface area is 176 Å². The van der Waals surface area contributed by atoms with Crippen molar-refractivity contribution in [3.8, 4) is 0 Å². The maximum atomic E-state index is 12.0. The van der Waals surface area contributed by atoms with Crippen molar-refractivity contribution < 1.29 is 4.79 Å². The van der Waals surface area contributed by atoms with Gasteiger partial charge in [-0.15, -0.1) is 0 Å². The number of hydrogen-bond acceptors (Lipinski definition) is 3. The van der Waals surface area contributed by atoms with Crippen LogP contribution in [0.5, 0.6) is 0 Å². The molecule has 2 aromatic carbocycles. The second-order valence-electron chi connectivity index (χ2n) is 6.91. The van der Waals surface area contributed by atoms with Crippen LogP contribution in [0.3, 0.4) is 0 Å². The maximum absolute atomic E-state index is 12.0. The number of nitrogens with zero attached hydrogens (tertiary/aromatic N) is 1. The summed E-state index contributed by atoms with van der Waals surface area (Å²) >= 11 is 11.1. The highest BCUT2D eigenvalue weighted by molar-refractivity contribution is 7.80. The van der Waals surface area contributed by atoms with Gasteiger partial charge in [0.15, 0.2) is 5.11 Å². The van der Waals surface area contributed by atoms with E-state index in [4.69, 9.17) is 23.8 Å². The van der Waals surface area contributed by atoms with Crippen LogP contribution in [0.1, 0.15) is 31.7 Å². The third kappa shape index (κ3) is 5.81. The zero-order valence-electron chi connectivity index (χ0n) is 15.8. The number of piperidine rings is 1. The lowest BCUT2D eigenvalue weighted by molar-refractivity contribution is -0.115. The van der Waals surface area contributed by atoms with E-state index in [0.717, 1.165) is 17.8 Å². The Morgan fingerprint density at radius 2 is 1.86 bits per heavy atom. The van der Waals surface area contributed by atoms with E-state index in [-0.39, 0.29) is 11.0 Å². The van der Waals surface area contributed by atoms with Crippen molar-refractivity contribution in [3.05, 3.63) is 65.2 Å². The zero-order valence-corrected chi connectivity index (χ0v) is 17.4. The summed E-state index contributed by atoms with van der Waals surface area (Å²) in [6.07, 6.45) is 6.93. The van der Waals surface area contributed by atoms with Gasteiger partial charge in [0.05, 0.1) is 0 Å². The van der Waals surface area contributed by atoms with Gasteiger partial charge in [0.1, 0.15) is 0 Å². The van der Waals surface area contributed by atoms with Crippen LogP contribution in [0, 0.1) is 0 Å². The van der Waals surface area contributed by atoms with Crippen LogP contribution in [0.15, 0.2) is 54.6 Å². The highest BCUT2D eigenvalue weighted by atomic mass is 35.5. The molecule has 4 nitrogen and oxygen atoms in total. The number of anilines is 2. The van der Waals surface area contributed by atoms with Crippen LogP contribution in [-0.4, -0.2) is 23.6 Å². The summed E-state index contributed by atoms with van der Waals surface area (Å²) in [7, 11) is 0. The van der Waals surface area contributed by atoms with Gasteiger partial charge in [-0.1, -0.05) is 23.7 Å². The summed E-state index contributed by atoms with van der Waals surface area (Å²) in [5, 5.41) is 6.63. The predicted octanol–water partition coefficient (Wildman–Crippen LogP) is 5.25. The first kappa shape index (κ1) is 20.4. The Kier molecular flexibility index (Phi) is 7.06. The van der Waals surface area contributed by atoms with Gasteiger partial charge in [-0.05, 0) is 86.4 Å². The van der Waals surface area contributed by atoms with E-state index in [0.29, 0.717) is 11.1 Å². The number of carbonyl (C=O) groups is 1. The number of halogens is 1. The van der Waals surface area contributed by atoms with Crippen LogP contribution in [0.4, 0.5) is 11.4 Å². The van der Waals surface area contributed by atoms with Crippen molar-refractivity contribution in [2.45, 2.75) is 32.2 Å². The number of thiocarbonyl (C=S) groups is 1. The molecule has 3 rings (SSSR count). The number of amides is 1. The standard InChI is InChI=1S/C22H24ClN3OS/c1-16-4-2-3-15-26(16)20-12-10-19(11-13-20)24-22(28)25-21(27)14-7-17-5-8-18(23)9-6-17/h5-14,16H,2-4,15H2,1H3,(H2,24,25,27,28)/b14-7+/t16-/m1/s1. The molecule has 6 heteroatoms. The van der Waals surface area contributed by atoms with Gasteiger partial charge >= 0.3 is 0 Å². The number of nitrogens with one attached hydrogen (secondary N) is 2. The Morgan fingerprint density at radius 1 is 1.14 bits per heavy atom. The molecule has 1 amide bonds. The molecule has 2 aromatic rings. The molecule has 1 heterocycles. The van der Waals surface area contributed by atoms with Crippen molar-refractivity contribution in [3.63, 3.8) is 0 Å². The summed E-state index contributed by atoms with van der Waals surface area (Å²) in [5.41, 5.74) is 2.96. The highest BCUT2D eigenvalue weighted by Gasteiger charge is 2.18. The summed E-state index contributed by atoms with van der Waals surface area (Å²) in [6.45, 7) is 3.37. The van der Waals surface area contributed by atoms with Gasteiger partial charge in [0, 0.05) is 35.1 Å². The van der Waals surface area contributed by atoms with Gasteiger partial charge < -0.3 is 10.2 Å². The maximum Gasteiger partial charge on any atom is 0.250 e. The minimum atomic E-state index is -0.286. The molecule has 0 aliphatic carbocycles. The number of hydrogen-bond donors (Lipinski definition) is 2. The average molecular weight is 414 g/mol. The summed E-state index contributed by atoms with van der Waals surface area (Å²) in [4.78, 5) is 14.5. The van der Waals surface area contributed by atoms with Gasteiger partial charge in [-0.2, -0.15) is 0 Å². The molecule has 146 valence electrons. The monoisotopic (exact) mass is 413 g/mol. The van der Waals surface area contributed by atoms with Crippen molar-refractivity contribution in [1.82, 2.24) is 5.32 Å². The molecule has 0 unspecified atom stereocenters. The molecule has 1 saturated heterocycles. The first-order valence-corrected chi connectivity index (χ1v) is 10.2. The van der Waals surface area contributed by atoms with E-state index >= 15 is 0 Å². The second kappa shape index (κ2) is 9.71. The van der Waals surface area contributed by atoms with Gasteiger partial charge in [0.2, 0.25) is 5.91 Å². The lowest BCUT2D eigenvalue weighted by Gasteiger charge is -2.35. The highest BCUT2D eigenvalue weighted by Crippen LogP contribution is 2.25. The quantitative estimate of drug-likeness (QED) is 0.531. The molecule has 1 atom stereocenters. The summed E-state index contributed by atoms with van der Waals surface area (Å²) in [6, 6.07) is 16.0. The third-order valence-corrected chi connectivity index (χ3v) is 5.25. The van der Waals surface area contributed by atoms with Crippen LogP contribution >= 0.6 is 23.8 Å². The zero-order chi connectivity index (χ0) is 19.9. The Balaban J connectivity index is 1.51.